The van der Waals surface area contributed by atoms with Crippen LogP contribution in [0.5, 0.6) is 0 Å². The van der Waals surface area contributed by atoms with Crippen molar-refractivity contribution in [2.45, 2.75) is 13.5 Å². The minimum absolute atomic E-state index is 0.0651. The molecule has 2 heterocycles. The predicted molar refractivity (Wildman–Crippen MR) is 80.7 cm³/mol. The van der Waals surface area contributed by atoms with Gasteiger partial charge >= 0.3 is 0 Å². The van der Waals surface area contributed by atoms with E-state index in [9.17, 15) is 4.79 Å². The molecule has 0 radical (unpaired) electrons. The van der Waals surface area contributed by atoms with Gasteiger partial charge in [-0.25, -0.2) is 9.97 Å². The second-order valence-electron chi connectivity index (χ2n) is 4.90. The lowest BCUT2D eigenvalue weighted by Crippen LogP contribution is -2.17. The van der Waals surface area contributed by atoms with E-state index in [2.05, 4.69) is 29.0 Å². The molecule has 1 aromatic carbocycles. The third kappa shape index (κ3) is 2.31. The highest BCUT2D eigenvalue weighted by molar-refractivity contribution is 5.94. The second-order valence-corrected chi connectivity index (χ2v) is 4.90. The molecule has 3 aromatic rings. The van der Waals surface area contributed by atoms with Crippen LogP contribution < -0.4 is 11.5 Å². The van der Waals surface area contributed by atoms with E-state index in [1.165, 1.54) is 11.1 Å². The van der Waals surface area contributed by atoms with Gasteiger partial charge < -0.3 is 16.0 Å². The predicted octanol–water partition coefficient (Wildman–Crippen LogP) is 1.47. The fraction of sp³-hybridized carbons (Fsp3) is 0.133. The molecule has 2 aromatic heterocycles. The topological polar surface area (TPSA) is 99.8 Å². The summed E-state index contributed by atoms with van der Waals surface area (Å²) >= 11 is 0. The van der Waals surface area contributed by atoms with E-state index in [1.807, 2.05) is 29.0 Å². The first kappa shape index (κ1) is 13.1. The fourth-order valence-electron chi connectivity index (χ4n) is 2.30. The van der Waals surface area contributed by atoms with E-state index in [4.69, 9.17) is 11.5 Å². The standard InChI is InChI=1S/C15H15N5O/c1-9-4-2-3-5-10(9)8-20-7-6-11-12(16)18-14(13(17)21)19-15(11)20/h2-7H,8H2,1H3,(H2,17,21)(H2,16,18,19). The number of hydrogen-bond acceptors (Lipinski definition) is 4. The van der Waals surface area contributed by atoms with Gasteiger partial charge in [0.05, 0.1) is 5.39 Å². The van der Waals surface area contributed by atoms with Gasteiger partial charge in [-0.3, -0.25) is 4.79 Å². The quantitative estimate of drug-likeness (QED) is 0.759. The highest BCUT2D eigenvalue weighted by Crippen LogP contribution is 2.21. The Labute approximate surface area is 121 Å². The van der Waals surface area contributed by atoms with Crippen LogP contribution >= 0.6 is 0 Å². The van der Waals surface area contributed by atoms with E-state index >= 15 is 0 Å². The summed E-state index contributed by atoms with van der Waals surface area (Å²) in [6, 6.07) is 9.94. The van der Waals surface area contributed by atoms with Crippen LogP contribution in [0.1, 0.15) is 21.7 Å². The largest absolute Gasteiger partial charge is 0.383 e. The van der Waals surface area contributed by atoms with Crippen molar-refractivity contribution in [3.63, 3.8) is 0 Å². The molecule has 21 heavy (non-hydrogen) atoms. The molecule has 0 fully saturated rings. The molecule has 1 amide bonds. The maximum Gasteiger partial charge on any atom is 0.286 e. The monoisotopic (exact) mass is 281 g/mol. The zero-order chi connectivity index (χ0) is 15.0. The number of primary amides is 1. The van der Waals surface area contributed by atoms with Crippen molar-refractivity contribution in [3.05, 3.63) is 53.5 Å². The third-order valence-corrected chi connectivity index (χ3v) is 3.47. The molecule has 0 spiro atoms. The van der Waals surface area contributed by atoms with Crippen LogP contribution in [0, 0.1) is 6.92 Å². The van der Waals surface area contributed by atoms with Crippen molar-refractivity contribution in [1.82, 2.24) is 14.5 Å². The molecule has 0 saturated carbocycles. The van der Waals surface area contributed by atoms with Crippen molar-refractivity contribution < 1.29 is 4.79 Å². The summed E-state index contributed by atoms with van der Waals surface area (Å²) in [5.41, 5.74) is 14.1. The Bertz CT molecular complexity index is 837. The molecule has 0 atom stereocenters. The number of aryl methyl sites for hydroxylation is 1. The maximum atomic E-state index is 11.3. The van der Waals surface area contributed by atoms with Crippen LogP contribution in [0.2, 0.25) is 0 Å². The van der Waals surface area contributed by atoms with E-state index in [1.54, 1.807) is 0 Å². The number of carbonyl (C=O) groups is 1. The number of rotatable bonds is 3. The first-order chi connectivity index (χ1) is 10.1. The molecule has 106 valence electrons. The molecule has 6 heteroatoms. The van der Waals surface area contributed by atoms with Crippen LogP contribution in [0.3, 0.4) is 0 Å². The Hall–Kier alpha value is -2.89. The van der Waals surface area contributed by atoms with Crippen molar-refractivity contribution in [2.24, 2.45) is 5.73 Å². The lowest BCUT2D eigenvalue weighted by Gasteiger charge is -2.08. The number of nitrogens with two attached hydrogens (primary N) is 2. The molecule has 6 nitrogen and oxygen atoms in total. The smallest absolute Gasteiger partial charge is 0.286 e. The minimum Gasteiger partial charge on any atom is -0.383 e. The molecule has 0 bridgehead atoms. The zero-order valence-electron chi connectivity index (χ0n) is 11.6. The first-order valence-corrected chi connectivity index (χ1v) is 6.53. The van der Waals surface area contributed by atoms with E-state index in [0.29, 0.717) is 17.6 Å². The van der Waals surface area contributed by atoms with Crippen molar-refractivity contribution in [2.75, 3.05) is 5.73 Å². The fourth-order valence-corrected chi connectivity index (χ4v) is 2.30. The van der Waals surface area contributed by atoms with Gasteiger partial charge in [0.25, 0.3) is 5.91 Å². The summed E-state index contributed by atoms with van der Waals surface area (Å²) in [6.45, 7) is 2.70. The number of nitrogens with zero attached hydrogens (tertiary/aromatic N) is 3. The summed E-state index contributed by atoms with van der Waals surface area (Å²) in [5.74, 6) is -0.491. The Morgan fingerprint density at radius 1 is 1.24 bits per heavy atom. The van der Waals surface area contributed by atoms with Gasteiger partial charge in [0.2, 0.25) is 5.82 Å². The lowest BCUT2D eigenvalue weighted by molar-refractivity contribution is 0.0991. The average molecular weight is 281 g/mol. The van der Waals surface area contributed by atoms with Gasteiger partial charge in [-0.15, -0.1) is 0 Å². The van der Waals surface area contributed by atoms with Crippen molar-refractivity contribution >= 4 is 22.8 Å². The Kier molecular flexibility index (Phi) is 3.06. The number of fused-ring (bicyclic) bond motifs is 1. The molecule has 0 saturated heterocycles. The summed E-state index contributed by atoms with van der Waals surface area (Å²) < 4.78 is 1.93. The molecular formula is C15H15N5O. The van der Waals surface area contributed by atoms with Crippen molar-refractivity contribution in [1.29, 1.82) is 0 Å². The number of amides is 1. The summed E-state index contributed by atoms with van der Waals surface area (Å²) in [7, 11) is 0. The van der Waals surface area contributed by atoms with E-state index in [0.717, 1.165) is 0 Å². The van der Waals surface area contributed by atoms with Gasteiger partial charge in [0.1, 0.15) is 11.5 Å². The van der Waals surface area contributed by atoms with Gasteiger partial charge in [-0.2, -0.15) is 0 Å². The lowest BCUT2D eigenvalue weighted by atomic mass is 10.1. The molecular weight excluding hydrogens is 266 g/mol. The van der Waals surface area contributed by atoms with Gasteiger partial charge in [-0.05, 0) is 24.1 Å². The van der Waals surface area contributed by atoms with Crippen LogP contribution in [-0.2, 0) is 6.54 Å². The summed E-state index contributed by atoms with van der Waals surface area (Å²) in [6.07, 6.45) is 1.88. The molecule has 4 N–H and O–H groups in total. The molecule has 0 aliphatic carbocycles. The minimum atomic E-state index is -0.688. The maximum absolute atomic E-state index is 11.3. The number of aromatic nitrogens is 3. The van der Waals surface area contributed by atoms with Gasteiger partial charge in [0.15, 0.2) is 0 Å². The van der Waals surface area contributed by atoms with E-state index in [-0.39, 0.29) is 11.6 Å². The summed E-state index contributed by atoms with van der Waals surface area (Å²) in [5, 5.41) is 0.716. The second kappa shape index (κ2) is 4.90. The number of nitrogen functional groups attached to an aromatic ring is 1. The van der Waals surface area contributed by atoms with E-state index < -0.39 is 5.91 Å². The van der Waals surface area contributed by atoms with Crippen molar-refractivity contribution in [3.8, 4) is 0 Å². The molecule has 0 aliphatic rings. The van der Waals surface area contributed by atoms with Crippen LogP contribution in [-0.4, -0.2) is 20.4 Å². The SMILES string of the molecule is Cc1ccccc1Cn1ccc2c(N)nc(C(N)=O)nc21. The molecule has 3 rings (SSSR count). The first-order valence-electron chi connectivity index (χ1n) is 6.53. The van der Waals surface area contributed by atoms with Crippen LogP contribution in [0.15, 0.2) is 36.5 Å². The molecule has 0 unspecified atom stereocenters. The number of anilines is 1. The Balaban J connectivity index is 2.11. The number of benzene rings is 1. The number of carbonyl (C=O) groups excluding carboxylic acids is 1. The zero-order valence-corrected chi connectivity index (χ0v) is 11.6. The normalized spacial score (nSPS) is 10.9. The summed E-state index contributed by atoms with van der Waals surface area (Å²) in [4.78, 5) is 19.4. The number of hydrogen-bond donors (Lipinski definition) is 2. The Morgan fingerprint density at radius 2 is 2.00 bits per heavy atom. The molecule has 0 aliphatic heterocycles. The van der Waals surface area contributed by atoms with Gasteiger partial charge in [-0.1, -0.05) is 24.3 Å². The third-order valence-electron chi connectivity index (χ3n) is 3.47. The van der Waals surface area contributed by atoms with Gasteiger partial charge in [0, 0.05) is 12.7 Å². The Morgan fingerprint density at radius 3 is 2.71 bits per heavy atom. The van der Waals surface area contributed by atoms with Crippen LogP contribution in [0.25, 0.3) is 11.0 Å². The highest BCUT2D eigenvalue weighted by Gasteiger charge is 2.13. The highest BCUT2D eigenvalue weighted by atomic mass is 16.1. The van der Waals surface area contributed by atoms with Crippen LogP contribution in [0.4, 0.5) is 5.82 Å². The average Bonchev–Trinajstić information content (AvgIpc) is 2.85.